The van der Waals surface area contributed by atoms with E-state index in [0.29, 0.717) is 42.7 Å². The number of nitrogens with zero attached hydrogens (tertiary/aromatic N) is 1. The quantitative estimate of drug-likeness (QED) is 0.418. The summed E-state index contributed by atoms with van der Waals surface area (Å²) in [6.45, 7) is 6.68. The van der Waals surface area contributed by atoms with E-state index in [9.17, 15) is 4.79 Å². The standard InChI is InChI=1S/C26H48N6O/c1-2-24(33)28-20-10-11-21-23(15-20)29-26(19-8-4-3-5-9-19)30-25(21)22-12-14-32(31-22)17-18-7-6-13-27-16-18/h18-23,25-27,29-31H,2-17H2,1H3,(H,28,33). The van der Waals surface area contributed by atoms with Gasteiger partial charge < -0.3 is 10.6 Å². The Labute approximate surface area is 200 Å². The predicted molar refractivity (Wildman–Crippen MR) is 132 cm³/mol. The maximum atomic E-state index is 12.1. The first-order chi connectivity index (χ1) is 16.2. The van der Waals surface area contributed by atoms with Crippen LogP contribution in [-0.2, 0) is 4.79 Å². The van der Waals surface area contributed by atoms with Crippen molar-refractivity contribution in [3.63, 3.8) is 0 Å². The molecule has 2 aliphatic carbocycles. The number of hydrogen-bond acceptors (Lipinski definition) is 6. The number of nitrogens with one attached hydrogen (secondary N) is 5. The van der Waals surface area contributed by atoms with Crippen LogP contribution < -0.4 is 26.7 Å². The predicted octanol–water partition coefficient (Wildman–Crippen LogP) is 2.10. The molecule has 7 atom stereocenters. The van der Waals surface area contributed by atoms with Crippen LogP contribution in [0.4, 0.5) is 0 Å². The van der Waals surface area contributed by atoms with Gasteiger partial charge in [0.15, 0.2) is 0 Å². The number of carbonyl (C=O) groups is 1. The van der Waals surface area contributed by atoms with E-state index in [4.69, 9.17) is 0 Å². The first-order valence-electron chi connectivity index (χ1n) is 14.2. The molecular weight excluding hydrogens is 412 g/mol. The average Bonchev–Trinajstić information content (AvgIpc) is 3.32. The maximum Gasteiger partial charge on any atom is 0.219 e. The minimum absolute atomic E-state index is 0.207. The highest BCUT2D eigenvalue weighted by Gasteiger charge is 2.46. The topological polar surface area (TPSA) is 80.5 Å². The molecule has 0 aromatic rings. The van der Waals surface area contributed by atoms with Gasteiger partial charge in [-0.2, -0.15) is 0 Å². The first-order valence-corrected chi connectivity index (χ1v) is 14.2. The Kier molecular flexibility index (Phi) is 8.24. The summed E-state index contributed by atoms with van der Waals surface area (Å²) in [6.07, 6.45) is 15.2. The fourth-order valence-corrected chi connectivity index (χ4v) is 7.49. The lowest BCUT2D eigenvalue weighted by Crippen LogP contribution is -2.71. The van der Waals surface area contributed by atoms with Gasteiger partial charge in [0.05, 0.1) is 6.17 Å². The molecule has 33 heavy (non-hydrogen) atoms. The van der Waals surface area contributed by atoms with Crippen LogP contribution in [0.2, 0.25) is 0 Å². The van der Waals surface area contributed by atoms with Crippen molar-refractivity contribution in [3.8, 4) is 0 Å². The number of fused-ring (bicyclic) bond motifs is 1. The Bertz CT molecular complexity index is 634. The van der Waals surface area contributed by atoms with Gasteiger partial charge in [-0.1, -0.05) is 26.2 Å². The van der Waals surface area contributed by atoms with Gasteiger partial charge in [0.25, 0.3) is 0 Å². The van der Waals surface area contributed by atoms with Crippen LogP contribution in [0.1, 0.15) is 84.0 Å². The summed E-state index contributed by atoms with van der Waals surface area (Å²) in [5.74, 6) is 2.39. The van der Waals surface area contributed by atoms with Gasteiger partial charge in [-0.05, 0) is 82.2 Å². The molecule has 5 aliphatic rings. The number of piperidine rings is 1. The second-order valence-corrected chi connectivity index (χ2v) is 11.6. The number of hydrogen-bond donors (Lipinski definition) is 5. The van der Waals surface area contributed by atoms with Crippen molar-refractivity contribution < 1.29 is 4.79 Å². The third-order valence-corrected chi connectivity index (χ3v) is 9.31. The van der Waals surface area contributed by atoms with Crippen molar-refractivity contribution in [1.82, 2.24) is 31.7 Å². The minimum atomic E-state index is 0.207. The molecule has 7 nitrogen and oxygen atoms in total. The smallest absolute Gasteiger partial charge is 0.219 e. The molecule has 5 rings (SSSR count). The van der Waals surface area contributed by atoms with E-state index >= 15 is 0 Å². The van der Waals surface area contributed by atoms with Crippen LogP contribution in [-0.4, -0.2) is 67.4 Å². The van der Waals surface area contributed by atoms with E-state index in [-0.39, 0.29) is 5.91 Å². The largest absolute Gasteiger partial charge is 0.353 e. The molecule has 3 saturated heterocycles. The lowest BCUT2D eigenvalue weighted by molar-refractivity contribution is -0.121. The molecule has 5 N–H and O–H groups in total. The Morgan fingerprint density at radius 2 is 1.85 bits per heavy atom. The highest BCUT2D eigenvalue weighted by molar-refractivity contribution is 5.75. The third kappa shape index (κ3) is 5.92. The summed E-state index contributed by atoms with van der Waals surface area (Å²) >= 11 is 0. The molecule has 0 aromatic carbocycles. The molecule has 0 spiro atoms. The van der Waals surface area contributed by atoms with Crippen LogP contribution >= 0.6 is 0 Å². The van der Waals surface area contributed by atoms with E-state index < -0.39 is 0 Å². The highest BCUT2D eigenvalue weighted by Crippen LogP contribution is 2.36. The van der Waals surface area contributed by atoms with Crippen LogP contribution in [0.3, 0.4) is 0 Å². The molecule has 7 unspecified atom stereocenters. The Morgan fingerprint density at radius 3 is 2.64 bits per heavy atom. The lowest BCUT2D eigenvalue weighted by Gasteiger charge is -2.52. The van der Waals surface area contributed by atoms with Gasteiger partial charge in [-0.3, -0.25) is 20.9 Å². The summed E-state index contributed by atoms with van der Waals surface area (Å²) in [4.78, 5) is 12.1. The summed E-state index contributed by atoms with van der Waals surface area (Å²) in [5, 5.41) is 17.6. The zero-order chi connectivity index (χ0) is 22.6. The Morgan fingerprint density at radius 1 is 0.970 bits per heavy atom. The molecule has 7 heteroatoms. The van der Waals surface area contributed by atoms with Crippen LogP contribution in [0.25, 0.3) is 0 Å². The monoisotopic (exact) mass is 460 g/mol. The molecule has 2 saturated carbocycles. The van der Waals surface area contributed by atoms with E-state index in [0.717, 1.165) is 24.7 Å². The van der Waals surface area contributed by atoms with Gasteiger partial charge in [-0.25, -0.2) is 5.01 Å². The van der Waals surface area contributed by atoms with Crippen molar-refractivity contribution >= 4 is 5.91 Å². The zero-order valence-corrected chi connectivity index (χ0v) is 20.8. The van der Waals surface area contributed by atoms with Crippen LogP contribution in [0.5, 0.6) is 0 Å². The second-order valence-electron chi connectivity index (χ2n) is 11.6. The summed E-state index contributed by atoms with van der Waals surface area (Å²) in [6, 6.07) is 1.91. The molecule has 3 aliphatic heterocycles. The van der Waals surface area contributed by atoms with Crippen molar-refractivity contribution in [1.29, 1.82) is 0 Å². The van der Waals surface area contributed by atoms with Gasteiger partial charge in [0, 0.05) is 43.7 Å². The number of carbonyl (C=O) groups excluding carboxylic acids is 1. The zero-order valence-electron chi connectivity index (χ0n) is 20.8. The van der Waals surface area contributed by atoms with E-state index in [2.05, 4.69) is 31.7 Å². The van der Waals surface area contributed by atoms with Gasteiger partial charge in [0.1, 0.15) is 0 Å². The third-order valence-electron chi connectivity index (χ3n) is 9.31. The molecule has 188 valence electrons. The molecule has 0 radical (unpaired) electrons. The number of rotatable bonds is 6. The van der Waals surface area contributed by atoms with Crippen molar-refractivity contribution in [3.05, 3.63) is 0 Å². The fraction of sp³-hybridized carbons (Fsp3) is 0.962. The second kappa shape index (κ2) is 11.3. The van der Waals surface area contributed by atoms with Gasteiger partial charge in [0.2, 0.25) is 5.91 Å². The van der Waals surface area contributed by atoms with Gasteiger partial charge in [-0.15, -0.1) is 0 Å². The fourth-order valence-electron chi connectivity index (χ4n) is 7.49. The minimum Gasteiger partial charge on any atom is -0.353 e. The maximum absolute atomic E-state index is 12.1. The molecule has 0 bridgehead atoms. The van der Waals surface area contributed by atoms with Gasteiger partial charge >= 0.3 is 0 Å². The summed E-state index contributed by atoms with van der Waals surface area (Å²) < 4.78 is 0. The normalized spacial score (nSPS) is 40.9. The van der Waals surface area contributed by atoms with Crippen molar-refractivity contribution in [2.45, 2.75) is 114 Å². The molecule has 0 aromatic heterocycles. The van der Waals surface area contributed by atoms with E-state index in [1.165, 1.54) is 84.0 Å². The SMILES string of the molecule is CCC(=O)NC1CCC2C(C1)NC(C1CCCCC1)NC2C1CCN(CC2CCCNC2)N1. The highest BCUT2D eigenvalue weighted by atomic mass is 16.1. The molecule has 1 amide bonds. The summed E-state index contributed by atoms with van der Waals surface area (Å²) in [7, 11) is 0. The first kappa shape index (κ1) is 24.0. The van der Waals surface area contributed by atoms with Crippen LogP contribution in [0.15, 0.2) is 0 Å². The molecular formula is C26H48N6O. The van der Waals surface area contributed by atoms with E-state index in [1.807, 2.05) is 6.92 Å². The number of amides is 1. The Hall–Kier alpha value is -0.730. The Balaban J connectivity index is 1.24. The van der Waals surface area contributed by atoms with E-state index in [1.54, 1.807) is 0 Å². The molecule has 3 heterocycles. The lowest BCUT2D eigenvalue weighted by atomic mass is 9.72. The average molecular weight is 461 g/mol. The summed E-state index contributed by atoms with van der Waals surface area (Å²) in [5.41, 5.74) is 3.96. The number of hydrazine groups is 1. The van der Waals surface area contributed by atoms with Crippen molar-refractivity contribution in [2.75, 3.05) is 26.2 Å². The molecule has 5 fully saturated rings. The van der Waals surface area contributed by atoms with Crippen LogP contribution in [0, 0.1) is 17.8 Å². The van der Waals surface area contributed by atoms with Crippen molar-refractivity contribution in [2.24, 2.45) is 17.8 Å².